The number of anilines is 1. The number of nitrogens with zero attached hydrogens (tertiary/aromatic N) is 1. The number of rotatable bonds is 7. The average Bonchev–Trinajstić information content (AvgIpc) is 2.70. The first-order chi connectivity index (χ1) is 13.5. The minimum Gasteiger partial charge on any atom is -0.439 e. The Kier molecular flexibility index (Phi) is 10.6. The molecule has 9 heteroatoms. The zero-order valence-electron chi connectivity index (χ0n) is 16.8. The Hall–Kier alpha value is -2.35. The zero-order valence-corrected chi connectivity index (χ0v) is 18.4. The van der Waals surface area contributed by atoms with E-state index < -0.39 is 5.91 Å². The lowest BCUT2D eigenvalue weighted by Crippen LogP contribution is -2.32. The van der Waals surface area contributed by atoms with Gasteiger partial charge in [-0.25, -0.2) is 4.98 Å². The van der Waals surface area contributed by atoms with Crippen molar-refractivity contribution < 1.29 is 14.3 Å². The molecule has 0 saturated carbocycles. The Bertz CT molecular complexity index is 827. The molecule has 1 aromatic carbocycles. The number of halogens is 2. The fourth-order valence-electron chi connectivity index (χ4n) is 3.43. The van der Waals surface area contributed by atoms with Crippen molar-refractivity contribution in [2.24, 2.45) is 17.6 Å². The molecule has 1 aliphatic heterocycles. The Labute approximate surface area is 189 Å². The molecule has 1 fully saturated rings. The molecule has 7 nitrogen and oxygen atoms in total. The van der Waals surface area contributed by atoms with Gasteiger partial charge in [0, 0.05) is 18.1 Å². The summed E-state index contributed by atoms with van der Waals surface area (Å²) in [6, 6.07) is 9.99. The van der Waals surface area contributed by atoms with Crippen molar-refractivity contribution in [3.63, 3.8) is 0 Å². The standard InChI is InChI=1S/C21H26N4O3.2ClH/c1-14(15-7-9-23-10-8-15)11-19(26)25-17-5-6-20(24-13-17)28-18-4-2-3-16(12-18)21(22)27;;/h2-6,12-15,23H,7-11H2,1H3,(H2,22,27)(H,25,26);2*1H. The largest absolute Gasteiger partial charge is 0.439 e. The van der Waals surface area contributed by atoms with Crippen molar-refractivity contribution in [3.8, 4) is 11.6 Å². The number of amides is 2. The molecular formula is C21H28Cl2N4O3. The fourth-order valence-corrected chi connectivity index (χ4v) is 3.43. The molecule has 3 rings (SSSR count). The monoisotopic (exact) mass is 454 g/mol. The van der Waals surface area contributed by atoms with Crippen molar-refractivity contribution in [1.29, 1.82) is 0 Å². The van der Waals surface area contributed by atoms with Crippen LogP contribution < -0.4 is 21.1 Å². The molecule has 0 bridgehead atoms. The van der Waals surface area contributed by atoms with Gasteiger partial charge in [0.05, 0.1) is 11.9 Å². The second-order valence-corrected chi connectivity index (χ2v) is 7.20. The molecule has 0 aliphatic carbocycles. The quantitative estimate of drug-likeness (QED) is 0.589. The molecule has 4 N–H and O–H groups in total. The molecule has 164 valence electrons. The van der Waals surface area contributed by atoms with E-state index >= 15 is 0 Å². The van der Waals surface area contributed by atoms with Gasteiger partial charge < -0.3 is 21.1 Å². The minimum absolute atomic E-state index is 0. The van der Waals surface area contributed by atoms with Gasteiger partial charge in [-0.2, -0.15) is 0 Å². The van der Waals surface area contributed by atoms with Crippen molar-refractivity contribution in [2.45, 2.75) is 26.2 Å². The third-order valence-corrected chi connectivity index (χ3v) is 5.06. The van der Waals surface area contributed by atoms with E-state index in [9.17, 15) is 9.59 Å². The number of primary amides is 1. The zero-order chi connectivity index (χ0) is 19.9. The number of piperidine rings is 1. The van der Waals surface area contributed by atoms with Gasteiger partial charge in [0.15, 0.2) is 0 Å². The number of hydrogen-bond acceptors (Lipinski definition) is 5. The van der Waals surface area contributed by atoms with Crippen LogP contribution >= 0.6 is 24.8 Å². The van der Waals surface area contributed by atoms with Gasteiger partial charge in [0.1, 0.15) is 5.75 Å². The number of aromatic nitrogens is 1. The third kappa shape index (κ3) is 7.48. The maximum absolute atomic E-state index is 12.3. The van der Waals surface area contributed by atoms with Crippen LogP contribution in [0.2, 0.25) is 0 Å². The highest BCUT2D eigenvalue weighted by Gasteiger charge is 2.22. The minimum atomic E-state index is -0.518. The van der Waals surface area contributed by atoms with E-state index in [0.29, 0.717) is 41.1 Å². The van der Waals surface area contributed by atoms with Crippen molar-refractivity contribution in [2.75, 3.05) is 18.4 Å². The predicted octanol–water partition coefficient (Wildman–Crippen LogP) is 3.78. The molecule has 1 aromatic heterocycles. The molecule has 30 heavy (non-hydrogen) atoms. The Balaban J connectivity index is 0.00000225. The first kappa shape index (κ1) is 25.7. The lowest BCUT2D eigenvalue weighted by atomic mass is 9.84. The third-order valence-electron chi connectivity index (χ3n) is 5.06. The molecule has 1 aliphatic rings. The van der Waals surface area contributed by atoms with Gasteiger partial charge in [-0.05, 0) is 62.0 Å². The van der Waals surface area contributed by atoms with E-state index in [1.807, 2.05) is 0 Å². The molecule has 0 radical (unpaired) electrons. The van der Waals surface area contributed by atoms with Crippen LogP contribution in [0, 0.1) is 11.8 Å². The summed E-state index contributed by atoms with van der Waals surface area (Å²) < 4.78 is 5.64. The highest BCUT2D eigenvalue weighted by molar-refractivity contribution is 5.93. The summed E-state index contributed by atoms with van der Waals surface area (Å²) in [5, 5.41) is 6.24. The molecule has 1 unspecified atom stereocenters. The van der Waals surface area contributed by atoms with Gasteiger partial charge in [-0.15, -0.1) is 24.8 Å². The number of hydrogen-bond donors (Lipinski definition) is 3. The maximum atomic E-state index is 12.3. The van der Waals surface area contributed by atoms with Gasteiger partial charge in [-0.1, -0.05) is 13.0 Å². The van der Waals surface area contributed by atoms with E-state index in [2.05, 4.69) is 22.5 Å². The van der Waals surface area contributed by atoms with E-state index in [1.165, 1.54) is 0 Å². The first-order valence-electron chi connectivity index (χ1n) is 9.55. The Morgan fingerprint density at radius 1 is 1.23 bits per heavy atom. The van der Waals surface area contributed by atoms with Crippen LogP contribution in [0.5, 0.6) is 11.6 Å². The summed E-state index contributed by atoms with van der Waals surface area (Å²) in [7, 11) is 0. The van der Waals surface area contributed by atoms with Gasteiger partial charge in [-0.3, -0.25) is 9.59 Å². The molecule has 1 atom stereocenters. The van der Waals surface area contributed by atoms with Crippen molar-refractivity contribution in [1.82, 2.24) is 10.3 Å². The van der Waals surface area contributed by atoms with Crippen LogP contribution in [-0.4, -0.2) is 29.9 Å². The summed E-state index contributed by atoms with van der Waals surface area (Å²) >= 11 is 0. The summed E-state index contributed by atoms with van der Waals surface area (Å²) in [5.74, 6) is 1.26. The highest BCUT2D eigenvalue weighted by atomic mass is 35.5. The number of nitrogens with one attached hydrogen (secondary N) is 2. The summed E-state index contributed by atoms with van der Waals surface area (Å²) in [4.78, 5) is 27.8. The Morgan fingerprint density at radius 3 is 2.60 bits per heavy atom. The summed E-state index contributed by atoms with van der Waals surface area (Å²) in [6.07, 6.45) is 4.31. The fraction of sp³-hybridized carbons (Fsp3) is 0.381. The smallest absolute Gasteiger partial charge is 0.248 e. The van der Waals surface area contributed by atoms with Crippen LogP contribution in [0.4, 0.5) is 5.69 Å². The number of ether oxygens (including phenoxy) is 1. The molecule has 2 amide bonds. The van der Waals surface area contributed by atoms with Crippen molar-refractivity contribution >= 4 is 42.3 Å². The first-order valence-corrected chi connectivity index (χ1v) is 9.55. The molecule has 0 spiro atoms. The highest BCUT2D eigenvalue weighted by Crippen LogP contribution is 2.25. The van der Waals surface area contributed by atoms with Crippen LogP contribution in [-0.2, 0) is 4.79 Å². The Morgan fingerprint density at radius 2 is 1.97 bits per heavy atom. The van der Waals surface area contributed by atoms with Crippen molar-refractivity contribution in [3.05, 3.63) is 48.2 Å². The maximum Gasteiger partial charge on any atom is 0.248 e. The molecular weight excluding hydrogens is 427 g/mol. The number of carbonyl (C=O) groups excluding carboxylic acids is 2. The average molecular weight is 455 g/mol. The normalized spacial score (nSPS) is 14.6. The molecule has 2 heterocycles. The second-order valence-electron chi connectivity index (χ2n) is 7.20. The predicted molar refractivity (Wildman–Crippen MR) is 122 cm³/mol. The van der Waals surface area contributed by atoms with Crippen LogP contribution in [0.1, 0.15) is 36.5 Å². The topological polar surface area (TPSA) is 106 Å². The van der Waals surface area contributed by atoms with Gasteiger partial charge >= 0.3 is 0 Å². The van der Waals surface area contributed by atoms with Crippen LogP contribution in [0.15, 0.2) is 42.6 Å². The molecule has 1 saturated heterocycles. The lowest BCUT2D eigenvalue weighted by molar-refractivity contribution is -0.117. The van der Waals surface area contributed by atoms with E-state index in [-0.39, 0.29) is 30.7 Å². The number of carbonyl (C=O) groups is 2. The van der Waals surface area contributed by atoms with Gasteiger partial charge in [0.2, 0.25) is 17.7 Å². The molecule has 2 aromatic rings. The van der Waals surface area contributed by atoms with E-state index in [0.717, 1.165) is 25.9 Å². The SMILES string of the molecule is CC(CC(=O)Nc1ccc(Oc2cccc(C(N)=O)c2)nc1)C1CCNCC1.Cl.Cl. The number of nitrogens with two attached hydrogens (primary N) is 1. The van der Waals surface area contributed by atoms with E-state index in [4.69, 9.17) is 10.5 Å². The number of pyridine rings is 1. The van der Waals surface area contributed by atoms with E-state index in [1.54, 1.807) is 42.6 Å². The van der Waals surface area contributed by atoms with Gasteiger partial charge in [0.25, 0.3) is 0 Å². The second kappa shape index (κ2) is 12.4. The van der Waals surface area contributed by atoms with Crippen LogP contribution in [0.25, 0.3) is 0 Å². The number of benzene rings is 1. The summed E-state index contributed by atoms with van der Waals surface area (Å²) in [5.41, 5.74) is 6.26. The lowest BCUT2D eigenvalue weighted by Gasteiger charge is -2.27. The van der Waals surface area contributed by atoms with Crippen LogP contribution in [0.3, 0.4) is 0 Å². The summed E-state index contributed by atoms with van der Waals surface area (Å²) in [6.45, 7) is 4.21.